The van der Waals surface area contributed by atoms with E-state index in [0.717, 1.165) is 0 Å². The maximum atomic E-state index is 9.69. The zero-order valence-corrected chi connectivity index (χ0v) is 10.1. The molecule has 0 fully saturated rings. The molecular weight excluding hydrogens is 260 g/mol. The lowest BCUT2D eigenvalue weighted by molar-refractivity contribution is 0.442. The molecule has 0 aromatic carbocycles. The summed E-state index contributed by atoms with van der Waals surface area (Å²) >= 11 is 0. The minimum absolute atomic E-state index is 0.0953. The van der Waals surface area contributed by atoms with Gasteiger partial charge in [-0.2, -0.15) is 0 Å². The van der Waals surface area contributed by atoms with E-state index in [1.54, 1.807) is 24.4 Å². The van der Waals surface area contributed by atoms with Crippen LogP contribution in [0, 0.1) is 0 Å². The van der Waals surface area contributed by atoms with E-state index in [4.69, 9.17) is 4.42 Å². The molecule has 0 unspecified atom stereocenters. The van der Waals surface area contributed by atoms with Gasteiger partial charge in [-0.3, -0.25) is 0 Å². The van der Waals surface area contributed by atoms with E-state index in [9.17, 15) is 10.2 Å². The molecule has 7 heteroatoms. The lowest BCUT2D eigenvalue weighted by Crippen LogP contribution is -1.92. The number of pyridine rings is 1. The molecule has 0 aliphatic rings. The summed E-state index contributed by atoms with van der Waals surface area (Å²) in [6.45, 7) is 0. The molecule has 2 N–H and O–H groups in total. The first kappa shape index (κ1) is 10.8. The molecule has 0 saturated heterocycles. The normalized spacial score (nSPS) is 11.4. The first-order valence-corrected chi connectivity index (χ1v) is 5.84. The second-order valence-corrected chi connectivity index (χ2v) is 4.26. The Morgan fingerprint density at radius 1 is 1.10 bits per heavy atom. The van der Waals surface area contributed by atoms with E-state index in [0.29, 0.717) is 28.1 Å². The van der Waals surface area contributed by atoms with Crippen molar-refractivity contribution >= 4 is 16.6 Å². The van der Waals surface area contributed by atoms with Crippen molar-refractivity contribution in [1.82, 2.24) is 19.6 Å². The van der Waals surface area contributed by atoms with E-state index in [-0.39, 0.29) is 11.8 Å². The zero-order chi connectivity index (χ0) is 13.7. The van der Waals surface area contributed by atoms with Gasteiger partial charge in [-0.25, -0.2) is 14.5 Å². The van der Waals surface area contributed by atoms with Gasteiger partial charge in [0.05, 0.1) is 11.6 Å². The maximum Gasteiger partial charge on any atom is 0.229 e. The molecule has 4 aromatic rings. The number of fused-ring (bicyclic) bond motifs is 2. The van der Waals surface area contributed by atoms with Crippen LogP contribution in [-0.4, -0.2) is 29.8 Å². The Morgan fingerprint density at radius 3 is 2.85 bits per heavy atom. The second-order valence-electron chi connectivity index (χ2n) is 4.26. The Kier molecular flexibility index (Phi) is 2.00. The summed E-state index contributed by atoms with van der Waals surface area (Å²) in [6.07, 6.45) is 3.05. The third-order valence-electron chi connectivity index (χ3n) is 3.03. The lowest BCUT2D eigenvalue weighted by Gasteiger charge is -1.97. The van der Waals surface area contributed by atoms with E-state index in [2.05, 4.69) is 15.1 Å². The second kappa shape index (κ2) is 3.70. The van der Waals surface area contributed by atoms with Crippen molar-refractivity contribution in [3.05, 3.63) is 36.7 Å². The Labute approximate surface area is 111 Å². The molecule has 0 spiro atoms. The summed E-state index contributed by atoms with van der Waals surface area (Å²) in [5, 5.41) is 23.6. The molecule has 4 aromatic heterocycles. The number of aromatic nitrogens is 4. The standard InChI is InChI=1S/C13H8N4O3/c18-12-2-1-11-15-6-8(17(11)16-12)10-5-7-9(20-10)3-4-14-13(7)19/h1-6H,(H,14,19)(H,16,18). The molecule has 0 amide bonds. The van der Waals surface area contributed by atoms with Crippen LogP contribution in [-0.2, 0) is 0 Å². The molecule has 0 saturated carbocycles. The van der Waals surface area contributed by atoms with Crippen molar-refractivity contribution in [3.63, 3.8) is 0 Å². The number of imidazole rings is 1. The minimum Gasteiger partial charge on any atom is -0.493 e. The van der Waals surface area contributed by atoms with Crippen LogP contribution in [0.2, 0.25) is 0 Å². The predicted octanol–water partition coefficient (Wildman–Crippen LogP) is 1.95. The van der Waals surface area contributed by atoms with Crippen LogP contribution >= 0.6 is 0 Å². The third kappa shape index (κ3) is 1.43. The Hall–Kier alpha value is -3.09. The number of nitrogens with zero attached hydrogens (tertiary/aromatic N) is 4. The summed E-state index contributed by atoms with van der Waals surface area (Å²) in [5.74, 6) is 0.272. The molecule has 0 aliphatic heterocycles. The van der Waals surface area contributed by atoms with Crippen LogP contribution < -0.4 is 0 Å². The summed E-state index contributed by atoms with van der Waals surface area (Å²) in [7, 11) is 0. The van der Waals surface area contributed by atoms with Gasteiger partial charge in [0.2, 0.25) is 11.8 Å². The SMILES string of the molecule is Oc1ccc2ncc(-c3cc4c(O)nccc4o3)n2n1. The van der Waals surface area contributed by atoms with Crippen molar-refractivity contribution in [3.8, 4) is 23.2 Å². The van der Waals surface area contributed by atoms with Gasteiger partial charge in [0.25, 0.3) is 0 Å². The summed E-state index contributed by atoms with van der Waals surface area (Å²) < 4.78 is 7.13. The number of rotatable bonds is 1. The van der Waals surface area contributed by atoms with Gasteiger partial charge in [-0.15, -0.1) is 5.10 Å². The number of aromatic hydroxyl groups is 2. The molecule has 0 radical (unpaired) electrons. The van der Waals surface area contributed by atoms with Crippen LogP contribution in [0.4, 0.5) is 0 Å². The van der Waals surface area contributed by atoms with Gasteiger partial charge >= 0.3 is 0 Å². The van der Waals surface area contributed by atoms with Crippen molar-refractivity contribution < 1.29 is 14.6 Å². The minimum atomic E-state index is -0.114. The third-order valence-corrected chi connectivity index (χ3v) is 3.03. The summed E-state index contributed by atoms with van der Waals surface area (Å²) in [4.78, 5) is 7.98. The fraction of sp³-hybridized carbons (Fsp3) is 0. The van der Waals surface area contributed by atoms with Gasteiger partial charge in [-0.1, -0.05) is 0 Å². The Bertz CT molecular complexity index is 941. The average molecular weight is 268 g/mol. The van der Waals surface area contributed by atoms with Gasteiger partial charge < -0.3 is 14.6 Å². The predicted molar refractivity (Wildman–Crippen MR) is 69.3 cm³/mol. The van der Waals surface area contributed by atoms with Crippen LogP contribution in [0.5, 0.6) is 11.8 Å². The fourth-order valence-corrected chi connectivity index (χ4v) is 2.11. The molecule has 0 atom stereocenters. The Morgan fingerprint density at radius 2 is 2.00 bits per heavy atom. The lowest BCUT2D eigenvalue weighted by atomic mass is 10.3. The van der Waals surface area contributed by atoms with E-state index < -0.39 is 0 Å². The first-order chi connectivity index (χ1) is 9.72. The molecule has 4 heterocycles. The Balaban J connectivity index is 2.01. The molecule has 98 valence electrons. The fourth-order valence-electron chi connectivity index (χ4n) is 2.11. The number of furan rings is 1. The molecule has 7 nitrogen and oxygen atoms in total. The van der Waals surface area contributed by atoms with Crippen molar-refractivity contribution in [2.75, 3.05) is 0 Å². The van der Waals surface area contributed by atoms with Crippen LogP contribution in [0.15, 0.2) is 41.1 Å². The zero-order valence-electron chi connectivity index (χ0n) is 10.1. The van der Waals surface area contributed by atoms with Gasteiger partial charge in [0.1, 0.15) is 11.3 Å². The maximum absolute atomic E-state index is 9.69. The molecule has 0 bridgehead atoms. The van der Waals surface area contributed by atoms with Gasteiger partial charge in [0, 0.05) is 18.3 Å². The first-order valence-electron chi connectivity index (χ1n) is 5.84. The highest BCUT2D eigenvalue weighted by Gasteiger charge is 2.14. The molecule has 4 rings (SSSR count). The van der Waals surface area contributed by atoms with Crippen molar-refractivity contribution in [2.24, 2.45) is 0 Å². The highest BCUT2D eigenvalue weighted by Crippen LogP contribution is 2.31. The average Bonchev–Trinajstić information content (AvgIpc) is 3.02. The van der Waals surface area contributed by atoms with Gasteiger partial charge in [0.15, 0.2) is 11.4 Å². The topological polar surface area (TPSA) is 96.7 Å². The van der Waals surface area contributed by atoms with Crippen LogP contribution in [0.3, 0.4) is 0 Å². The highest BCUT2D eigenvalue weighted by atomic mass is 16.3. The van der Waals surface area contributed by atoms with Crippen molar-refractivity contribution in [1.29, 1.82) is 0 Å². The van der Waals surface area contributed by atoms with Crippen LogP contribution in [0.25, 0.3) is 28.1 Å². The largest absolute Gasteiger partial charge is 0.493 e. The molecule has 20 heavy (non-hydrogen) atoms. The van der Waals surface area contributed by atoms with E-state index in [1.165, 1.54) is 16.8 Å². The summed E-state index contributed by atoms with van der Waals surface area (Å²) in [5.41, 5.74) is 1.68. The van der Waals surface area contributed by atoms with Crippen molar-refractivity contribution in [2.45, 2.75) is 0 Å². The molecule has 0 aliphatic carbocycles. The highest BCUT2D eigenvalue weighted by molar-refractivity contribution is 5.86. The van der Waals surface area contributed by atoms with Gasteiger partial charge in [-0.05, 0) is 12.1 Å². The monoisotopic (exact) mass is 268 g/mol. The number of hydrogen-bond acceptors (Lipinski definition) is 6. The number of hydrogen-bond donors (Lipinski definition) is 2. The van der Waals surface area contributed by atoms with E-state index in [1.807, 2.05) is 0 Å². The molecular formula is C13H8N4O3. The summed E-state index contributed by atoms with van der Waals surface area (Å²) in [6, 6.07) is 6.42. The van der Waals surface area contributed by atoms with Crippen LogP contribution in [0.1, 0.15) is 0 Å². The smallest absolute Gasteiger partial charge is 0.229 e. The quantitative estimate of drug-likeness (QED) is 0.547. The van der Waals surface area contributed by atoms with E-state index >= 15 is 0 Å².